The van der Waals surface area contributed by atoms with Crippen LogP contribution < -0.4 is 19.1 Å². The minimum Gasteiger partial charge on any atom is -0.493 e. The van der Waals surface area contributed by atoms with Gasteiger partial charge < -0.3 is 19.7 Å². The summed E-state index contributed by atoms with van der Waals surface area (Å²) in [6.07, 6.45) is 0. The number of ether oxygens (including phenoxy) is 2. The minimum absolute atomic E-state index is 0.0706. The summed E-state index contributed by atoms with van der Waals surface area (Å²) in [6.45, 7) is 6.80. The maximum Gasteiger partial charge on any atom is 0.264 e. The molecule has 1 N–H and O–H groups in total. The number of carbonyl (C=O) groups is 2. The molecule has 0 spiro atoms. The quantitative estimate of drug-likeness (QED) is 0.353. The molecule has 10 heteroatoms. The number of aryl methyl sites for hydroxylation is 1. The molecule has 0 radical (unpaired) electrons. The lowest BCUT2D eigenvalue weighted by Gasteiger charge is -2.32. The third kappa shape index (κ3) is 7.32. The Balaban J connectivity index is 2.06. The average Bonchev–Trinajstić information content (AvgIpc) is 2.94. The van der Waals surface area contributed by atoms with Gasteiger partial charge in [-0.25, -0.2) is 8.42 Å². The molecule has 3 aromatic carbocycles. The average molecular weight is 568 g/mol. The van der Waals surface area contributed by atoms with Gasteiger partial charge in [-0.2, -0.15) is 0 Å². The van der Waals surface area contributed by atoms with E-state index in [0.717, 1.165) is 15.4 Å². The van der Waals surface area contributed by atoms with Crippen LogP contribution in [0.3, 0.4) is 0 Å². The van der Waals surface area contributed by atoms with Crippen LogP contribution in [0.4, 0.5) is 5.69 Å². The Labute approximate surface area is 236 Å². The molecular formula is C30H37N3O6S. The van der Waals surface area contributed by atoms with Gasteiger partial charge in [0.15, 0.2) is 11.5 Å². The van der Waals surface area contributed by atoms with Gasteiger partial charge in [0.2, 0.25) is 11.8 Å². The number of nitrogens with zero attached hydrogens (tertiary/aromatic N) is 2. The SMILES string of the molecule is COc1ccc(S(=O)(=O)N(CC(=O)N(Cc2ccccc2)C(C)C(=O)NC(C)C)c2ccc(C)cc2)cc1OC. The van der Waals surface area contributed by atoms with Gasteiger partial charge in [0, 0.05) is 18.7 Å². The maximum atomic E-state index is 14.0. The molecule has 0 heterocycles. The highest BCUT2D eigenvalue weighted by atomic mass is 32.2. The summed E-state index contributed by atoms with van der Waals surface area (Å²) in [6, 6.07) is 19.4. The maximum absolute atomic E-state index is 14.0. The molecule has 0 bridgehead atoms. The second kappa shape index (κ2) is 13.3. The van der Waals surface area contributed by atoms with E-state index in [2.05, 4.69) is 5.32 Å². The summed E-state index contributed by atoms with van der Waals surface area (Å²) in [5, 5.41) is 2.84. The van der Waals surface area contributed by atoms with E-state index in [4.69, 9.17) is 9.47 Å². The van der Waals surface area contributed by atoms with Crippen LogP contribution in [-0.4, -0.2) is 58.0 Å². The molecule has 1 unspecified atom stereocenters. The van der Waals surface area contributed by atoms with Crippen molar-refractivity contribution in [3.8, 4) is 11.5 Å². The minimum atomic E-state index is -4.24. The van der Waals surface area contributed by atoms with Gasteiger partial charge in [-0.1, -0.05) is 48.0 Å². The zero-order chi connectivity index (χ0) is 29.4. The molecule has 0 aliphatic heterocycles. The second-order valence-electron chi connectivity index (χ2n) is 9.71. The van der Waals surface area contributed by atoms with Crippen molar-refractivity contribution in [1.82, 2.24) is 10.2 Å². The van der Waals surface area contributed by atoms with Crippen LogP contribution in [0.25, 0.3) is 0 Å². The van der Waals surface area contributed by atoms with E-state index < -0.39 is 28.5 Å². The highest BCUT2D eigenvalue weighted by molar-refractivity contribution is 7.92. The molecule has 3 aromatic rings. The molecule has 214 valence electrons. The Hall–Kier alpha value is -4.05. The predicted octanol–water partition coefficient (Wildman–Crippen LogP) is 4.15. The molecule has 0 aromatic heterocycles. The van der Waals surface area contributed by atoms with Crippen molar-refractivity contribution < 1.29 is 27.5 Å². The molecule has 0 aliphatic carbocycles. The van der Waals surface area contributed by atoms with Gasteiger partial charge in [0.1, 0.15) is 12.6 Å². The van der Waals surface area contributed by atoms with Crippen molar-refractivity contribution in [2.75, 3.05) is 25.1 Å². The van der Waals surface area contributed by atoms with Crippen molar-refractivity contribution in [2.24, 2.45) is 0 Å². The van der Waals surface area contributed by atoms with Gasteiger partial charge in [0.25, 0.3) is 10.0 Å². The fourth-order valence-electron chi connectivity index (χ4n) is 4.11. The highest BCUT2D eigenvalue weighted by Crippen LogP contribution is 2.32. The third-order valence-electron chi connectivity index (χ3n) is 6.34. The van der Waals surface area contributed by atoms with Crippen LogP contribution in [0.2, 0.25) is 0 Å². The number of sulfonamides is 1. The van der Waals surface area contributed by atoms with E-state index in [-0.39, 0.29) is 29.1 Å². The smallest absolute Gasteiger partial charge is 0.264 e. The first-order valence-corrected chi connectivity index (χ1v) is 14.4. The summed E-state index contributed by atoms with van der Waals surface area (Å²) in [4.78, 5) is 28.2. The molecule has 0 saturated carbocycles. The Morgan fingerprint density at radius 2 is 1.50 bits per heavy atom. The van der Waals surface area contributed by atoms with Crippen LogP contribution in [0.5, 0.6) is 11.5 Å². The van der Waals surface area contributed by atoms with E-state index in [9.17, 15) is 18.0 Å². The number of rotatable bonds is 12. The van der Waals surface area contributed by atoms with Crippen molar-refractivity contribution in [1.29, 1.82) is 0 Å². The fourth-order valence-corrected chi connectivity index (χ4v) is 5.54. The first kappa shape index (κ1) is 30.5. The van der Waals surface area contributed by atoms with Crippen LogP contribution >= 0.6 is 0 Å². The fraction of sp³-hybridized carbons (Fsp3) is 0.333. The number of methoxy groups -OCH3 is 2. The van der Waals surface area contributed by atoms with Gasteiger partial charge in [-0.15, -0.1) is 0 Å². The molecule has 0 aliphatic rings. The lowest BCUT2D eigenvalue weighted by molar-refractivity contribution is -0.139. The van der Waals surface area contributed by atoms with Crippen LogP contribution in [0, 0.1) is 6.92 Å². The Morgan fingerprint density at radius 1 is 0.875 bits per heavy atom. The first-order chi connectivity index (χ1) is 19.0. The van der Waals surface area contributed by atoms with Crippen molar-refractivity contribution in [3.05, 3.63) is 83.9 Å². The number of anilines is 1. The Kier molecular flexibility index (Phi) is 10.2. The monoisotopic (exact) mass is 567 g/mol. The number of benzene rings is 3. The molecule has 2 amide bonds. The Morgan fingerprint density at radius 3 is 2.08 bits per heavy atom. The number of nitrogens with one attached hydrogen (secondary N) is 1. The first-order valence-electron chi connectivity index (χ1n) is 12.9. The van der Waals surface area contributed by atoms with Gasteiger partial charge in [-0.05, 0) is 57.5 Å². The topological polar surface area (TPSA) is 105 Å². The normalized spacial score (nSPS) is 12.0. The number of hydrogen-bond donors (Lipinski definition) is 1. The zero-order valence-corrected chi connectivity index (χ0v) is 24.6. The van der Waals surface area contributed by atoms with E-state index in [1.807, 2.05) is 51.1 Å². The molecule has 3 rings (SSSR count). The van der Waals surface area contributed by atoms with Crippen molar-refractivity contribution in [2.45, 2.75) is 51.2 Å². The highest BCUT2D eigenvalue weighted by Gasteiger charge is 2.33. The molecule has 0 saturated heterocycles. The standard InChI is InChI=1S/C30H37N3O6S/c1-21(2)31-30(35)23(4)32(19-24-10-8-7-9-11-24)29(34)20-33(25-14-12-22(3)13-15-25)40(36,37)26-16-17-27(38-5)28(18-26)39-6/h7-18,21,23H,19-20H2,1-6H3,(H,31,35). The molecule has 40 heavy (non-hydrogen) atoms. The van der Waals surface area contributed by atoms with Crippen LogP contribution in [0.1, 0.15) is 31.9 Å². The largest absolute Gasteiger partial charge is 0.493 e. The Bertz CT molecular complexity index is 1410. The molecule has 0 fully saturated rings. The van der Waals surface area contributed by atoms with Gasteiger partial charge in [-0.3, -0.25) is 13.9 Å². The van der Waals surface area contributed by atoms with Crippen molar-refractivity contribution in [3.63, 3.8) is 0 Å². The molecule has 1 atom stereocenters. The van der Waals surface area contributed by atoms with E-state index >= 15 is 0 Å². The molecular weight excluding hydrogens is 530 g/mol. The van der Waals surface area contributed by atoms with E-state index in [0.29, 0.717) is 11.4 Å². The van der Waals surface area contributed by atoms with Gasteiger partial charge in [0.05, 0.1) is 24.8 Å². The van der Waals surface area contributed by atoms with E-state index in [1.54, 1.807) is 31.2 Å². The third-order valence-corrected chi connectivity index (χ3v) is 8.11. The van der Waals surface area contributed by atoms with Gasteiger partial charge >= 0.3 is 0 Å². The number of amides is 2. The summed E-state index contributed by atoms with van der Waals surface area (Å²) < 4.78 is 39.7. The number of carbonyl (C=O) groups excluding carboxylic acids is 2. The number of hydrogen-bond acceptors (Lipinski definition) is 6. The summed E-state index contributed by atoms with van der Waals surface area (Å²) in [5.74, 6) is -0.245. The van der Waals surface area contributed by atoms with Crippen LogP contribution in [0.15, 0.2) is 77.7 Å². The summed E-state index contributed by atoms with van der Waals surface area (Å²) >= 11 is 0. The van der Waals surface area contributed by atoms with Crippen LogP contribution in [-0.2, 0) is 26.2 Å². The van der Waals surface area contributed by atoms with E-state index in [1.165, 1.54) is 37.3 Å². The lowest BCUT2D eigenvalue weighted by atomic mass is 10.1. The summed E-state index contributed by atoms with van der Waals surface area (Å²) in [5.41, 5.74) is 2.06. The lowest BCUT2D eigenvalue weighted by Crippen LogP contribution is -2.52. The molecule has 9 nitrogen and oxygen atoms in total. The summed E-state index contributed by atoms with van der Waals surface area (Å²) in [7, 11) is -1.36. The predicted molar refractivity (Wildman–Crippen MR) is 155 cm³/mol. The second-order valence-corrected chi connectivity index (χ2v) is 11.6. The van der Waals surface area contributed by atoms with Crippen molar-refractivity contribution >= 4 is 27.5 Å². The zero-order valence-electron chi connectivity index (χ0n) is 23.7.